The molecule has 206 valence electrons. The number of amides is 1. The third kappa shape index (κ3) is 7.64. The molecule has 2 heterocycles. The minimum atomic E-state index is -4.00. The Kier molecular flexibility index (Phi) is 9.32. The van der Waals surface area contributed by atoms with Crippen LogP contribution in [0.1, 0.15) is 46.1 Å². The number of carbonyl (C=O) groups excluding carboxylic acids is 2. The standard InChI is InChI=1S/C29H34N4O5S/c1-3-38-29(35)26(33-39(36,37)25-16-6-20(2)7-17-25)19-31-28(34)23-11-8-21(9-12-23)10-14-24-15-13-22-5-4-18-30-27(22)32-24/h6-9,11-13,15-17,26,33H,3-5,10,14,18-19H2,1-2H3,(H,30,32)(H,31,34)/t26-/m0/s1. The maximum absolute atomic E-state index is 12.8. The second-order valence-corrected chi connectivity index (χ2v) is 11.2. The molecular formula is C29H34N4O5S. The molecule has 1 aromatic heterocycles. The Morgan fingerprint density at radius 2 is 1.77 bits per heavy atom. The number of carbonyl (C=O) groups is 2. The van der Waals surface area contributed by atoms with Crippen molar-refractivity contribution in [2.45, 2.75) is 50.5 Å². The Morgan fingerprint density at radius 1 is 1.03 bits per heavy atom. The number of sulfonamides is 1. The monoisotopic (exact) mass is 550 g/mol. The molecule has 1 aliphatic rings. The van der Waals surface area contributed by atoms with Gasteiger partial charge in [0.15, 0.2) is 0 Å². The summed E-state index contributed by atoms with van der Waals surface area (Å²) in [6.07, 6.45) is 3.74. The van der Waals surface area contributed by atoms with Crippen LogP contribution in [0.5, 0.6) is 0 Å². The van der Waals surface area contributed by atoms with Crippen LogP contribution in [0.15, 0.2) is 65.6 Å². The molecule has 0 radical (unpaired) electrons. The highest BCUT2D eigenvalue weighted by Crippen LogP contribution is 2.20. The van der Waals surface area contributed by atoms with Gasteiger partial charge in [0.05, 0.1) is 11.5 Å². The first kappa shape index (κ1) is 28.3. The van der Waals surface area contributed by atoms with Crippen molar-refractivity contribution in [2.75, 3.05) is 25.0 Å². The van der Waals surface area contributed by atoms with E-state index in [9.17, 15) is 18.0 Å². The Morgan fingerprint density at radius 3 is 2.49 bits per heavy atom. The number of pyridine rings is 1. The number of nitrogens with zero attached hydrogens (tertiary/aromatic N) is 1. The minimum Gasteiger partial charge on any atom is -0.465 e. The fraction of sp³-hybridized carbons (Fsp3) is 0.345. The zero-order valence-electron chi connectivity index (χ0n) is 22.2. The fourth-order valence-corrected chi connectivity index (χ4v) is 5.47. The average molecular weight is 551 g/mol. The summed E-state index contributed by atoms with van der Waals surface area (Å²) >= 11 is 0. The van der Waals surface area contributed by atoms with E-state index in [1.165, 1.54) is 17.7 Å². The first-order chi connectivity index (χ1) is 18.7. The smallest absolute Gasteiger partial charge is 0.326 e. The maximum Gasteiger partial charge on any atom is 0.326 e. The maximum atomic E-state index is 12.8. The molecule has 10 heteroatoms. The van der Waals surface area contributed by atoms with Crippen molar-refractivity contribution in [3.8, 4) is 0 Å². The van der Waals surface area contributed by atoms with Crippen molar-refractivity contribution in [2.24, 2.45) is 0 Å². The van der Waals surface area contributed by atoms with E-state index >= 15 is 0 Å². The van der Waals surface area contributed by atoms with Crippen LogP contribution in [0.25, 0.3) is 0 Å². The molecule has 2 aromatic carbocycles. The molecule has 1 amide bonds. The molecule has 0 aliphatic carbocycles. The first-order valence-electron chi connectivity index (χ1n) is 13.1. The van der Waals surface area contributed by atoms with Crippen LogP contribution in [-0.4, -0.2) is 51.0 Å². The van der Waals surface area contributed by atoms with E-state index < -0.39 is 27.9 Å². The van der Waals surface area contributed by atoms with Crippen molar-refractivity contribution in [3.63, 3.8) is 0 Å². The number of aryl methyl sites for hydroxylation is 4. The molecule has 1 atom stereocenters. The van der Waals surface area contributed by atoms with Crippen LogP contribution in [0.4, 0.5) is 5.82 Å². The lowest BCUT2D eigenvalue weighted by Gasteiger charge is -2.18. The number of hydrogen-bond donors (Lipinski definition) is 3. The van der Waals surface area contributed by atoms with Gasteiger partial charge in [0.25, 0.3) is 5.91 Å². The van der Waals surface area contributed by atoms with Gasteiger partial charge in [-0.15, -0.1) is 0 Å². The van der Waals surface area contributed by atoms with Gasteiger partial charge in [-0.1, -0.05) is 35.9 Å². The summed E-state index contributed by atoms with van der Waals surface area (Å²) in [5.41, 5.74) is 4.64. The van der Waals surface area contributed by atoms with Crippen LogP contribution >= 0.6 is 0 Å². The number of fused-ring (bicyclic) bond motifs is 1. The summed E-state index contributed by atoms with van der Waals surface area (Å²) in [4.78, 5) is 30.0. The molecule has 0 spiro atoms. The van der Waals surface area contributed by atoms with Crippen LogP contribution in [0.2, 0.25) is 0 Å². The third-order valence-corrected chi connectivity index (χ3v) is 7.99. The molecule has 39 heavy (non-hydrogen) atoms. The largest absolute Gasteiger partial charge is 0.465 e. The van der Waals surface area contributed by atoms with Crippen LogP contribution in [0, 0.1) is 6.92 Å². The van der Waals surface area contributed by atoms with Crippen LogP contribution in [0.3, 0.4) is 0 Å². The summed E-state index contributed by atoms with van der Waals surface area (Å²) in [6, 6.07) is 16.4. The Labute approximate surface area is 229 Å². The summed E-state index contributed by atoms with van der Waals surface area (Å²) in [5, 5.41) is 6.00. The Hall–Kier alpha value is -3.76. The second-order valence-electron chi connectivity index (χ2n) is 9.49. The molecule has 0 unspecified atom stereocenters. The lowest BCUT2D eigenvalue weighted by Crippen LogP contribution is -2.49. The zero-order chi connectivity index (χ0) is 27.8. The number of aromatic nitrogens is 1. The molecule has 4 rings (SSSR count). The highest BCUT2D eigenvalue weighted by Gasteiger charge is 2.27. The van der Waals surface area contributed by atoms with Crippen molar-refractivity contribution < 1.29 is 22.7 Å². The number of hydrogen-bond acceptors (Lipinski definition) is 7. The summed E-state index contributed by atoms with van der Waals surface area (Å²) in [7, 11) is -4.00. The number of ether oxygens (including phenoxy) is 1. The van der Waals surface area contributed by atoms with Gasteiger partial charge in [0.2, 0.25) is 10.0 Å². The van der Waals surface area contributed by atoms with E-state index in [4.69, 9.17) is 9.72 Å². The molecule has 3 N–H and O–H groups in total. The van der Waals surface area contributed by atoms with Gasteiger partial charge in [0, 0.05) is 24.3 Å². The predicted octanol–water partition coefficient (Wildman–Crippen LogP) is 3.17. The lowest BCUT2D eigenvalue weighted by atomic mass is 10.0. The molecule has 0 saturated heterocycles. The van der Waals surface area contributed by atoms with Gasteiger partial charge in [-0.3, -0.25) is 9.59 Å². The molecule has 1 aliphatic heterocycles. The second kappa shape index (κ2) is 12.9. The average Bonchev–Trinajstić information content (AvgIpc) is 2.94. The van der Waals surface area contributed by atoms with Gasteiger partial charge in [-0.25, -0.2) is 13.4 Å². The highest BCUT2D eigenvalue weighted by molar-refractivity contribution is 7.89. The number of anilines is 1. The lowest BCUT2D eigenvalue weighted by molar-refractivity contribution is -0.144. The highest BCUT2D eigenvalue weighted by atomic mass is 32.2. The topological polar surface area (TPSA) is 126 Å². The van der Waals surface area contributed by atoms with Crippen molar-refractivity contribution in [1.29, 1.82) is 0 Å². The molecule has 9 nitrogen and oxygen atoms in total. The number of esters is 1. The van der Waals surface area contributed by atoms with Crippen LogP contribution in [-0.2, 0) is 38.8 Å². The van der Waals surface area contributed by atoms with Gasteiger partial charge in [-0.05, 0) is 81.0 Å². The summed E-state index contributed by atoms with van der Waals surface area (Å²) < 4.78 is 33.0. The third-order valence-electron chi connectivity index (χ3n) is 6.50. The van der Waals surface area contributed by atoms with Gasteiger partial charge in [-0.2, -0.15) is 4.72 Å². The molecule has 0 fully saturated rings. The van der Waals surface area contributed by atoms with Crippen molar-refractivity contribution >= 4 is 27.7 Å². The van der Waals surface area contributed by atoms with E-state index in [1.54, 1.807) is 31.2 Å². The summed E-state index contributed by atoms with van der Waals surface area (Å²) in [5.74, 6) is -0.212. The normalized spacial score (nSPS) is 13.6. The Balaban J connectivity index is 1.34. The van der Waals surface area contributed by atoms with E-state index in [2.05, 4.69) is 27.5 Å². The predicted molar refractivity (Wildman–Crippen MR) is 149 cm³/mol. The first-order valence-corrected chi connectivity index (χ1v) is 14.6. The summed E-state index contributed by atoms with van der Waals surface area (Å²) in [6.45, 7) is 4.24. The molecule has 0 saturated carbocycles. The quantitative estimate of drug-likeness (QED) is 0.313. The van der Waals surface area contributed by atoms with Crippen molar-refractivity contribution in [1.82, 2.24) is 15.0 Å². The Bertz CT molecular complexity index is 1410. The molecular weight excluding hydrogens is 516 g/mol. The van der Waals surface area contributed by atoms with Gasteiger partial charge < -0.3 is 15.4 Å². The van der Waals surface area contributed by atoms with Crippen molar-refractivity contribution in [3.05, 3.63) is 88.6 Å². The number of nitrogens with one attached hydrogen (secondary N) is 3. The van der Waals surface area contributed by atoms with Gasteiger partial charge >= 0.3 is 5.97 Å². The number of benzene rings is 2. The minimum absolute atomic E-state index is 0.0196. The van der Waals surface area contributed by atoms with Crippen LogP contribution < -0.4 is 15.4 Å². The zero-order valence-corrected chi connectivity index (χ0v) is 23.0. The van der Waals surface area contributed by atoms with Gasteiger partial charge in [0.1, 0.15) is 11.9 Å². The fourth-order valence-electron chi connectivity index (χ4n) is 4.29. The van der Waals surface area contributed by atoms with E-state index in [-0.39, 0.29) is 18.0 Å². The molecule has 3 aromatic rings. The van der Waals surface area contributed by atoms with E-state index in [0.29, 0.717) is 5.56 Å². The SMILES string of the molecule is CCOC(=O)[C@H](CNC(=O)c1ccc(CCc2ccc3c(n2)NCCC3)cc1)NS(=O)(=O)c1ccc(C)cc1. The number of rotatable bonds is 11. The molecule has 0 bridgehead atoms. The van der Waals surface area contributed by atoms with E-state index in [0.717, 1.165) is 54.9 Å². The van der Waals surface area contributed by atoms with E-state index in [1.807, 2.05) is 19.1 Å².